The Hall–Kier alpha value is -1.39. The maximum atomic E-state index is 11.5. The number of hydrogen-bond donors (Lipinski definition) is 2. The van der Waals surface area contributed by atoms with Crippen molar-refractivity contribution >= 4 is 11.3 Å². The number of aromatic nitrogens is 1. The molecule has 0 bridgehead atoms. The van der Waals surface area contributed by atoms with E-state index in [1.54, 1.807) is 6.07 Å². The molecule has 112 valence electrons. The van der Waals surface area contributed by atoms with Crippen LogP contribution in [-0.4, -0.2) is 4.98 Å². The maximum absolute atomic E-state index is 11.5. The van der Waals surface area contributed by atoms with Gasteiger partial charge in [0.05, 0.1) is 0 Å². The molecule has 21 heavy (non-hydrogen) atoms. The van der Waals surface area contributed by atoms with Gasteiger partial charge in [0.2, 0.25) is 5.56 Å². The Morgan fingerprint density at radius 1 is 1.43 bits per heavy atom. The lowest BCUT2D eigenvalue weighted by molar-refractivity contribution is 0.384. The van der Waals surface area contributed by atoms with Crippen molar-refractivity contribution in [3.05, 3.63) is 56.1 Å². The predicted molar refractivity (Wildman–Crippen MR) is 87.8 cm³/mol. The summed E-state index contributed by atoms with van der Waals surface area (Å²) in [6, 6.07) is 8.76. The smallest absolute Gasteiger partial charge is 0.248 e. The molecule has 1 aliphatic rings. The van der Waals surface area contributed by atoms with Crippen molar-refractivity contribution < 1.29 is 0 Å². The lowest BCUT2D eigenvalue weighted by Crippen LogP contribution is -2.30. The molecule has 2 heterocycles. The largest absolute Gasteiger partial charge is 0.326 e. The molecule has 3 nitrogen and oxygen atoms in total. The highest BCUT2D eigenvalue weighted by atomic mass is 32.1. The maximum Gasteiger partial charge on any atom is 0.248 e. The molecule has 2 atom stereocenters. The van der Waals surface area contributed by atoms with Gasteiger partial charge in [0, 0.05) is 28.7 Å². The number of H-pyrrole nitrogens is 1. The van der Waals surface area contributed by atoms with Crippen LogP contribution < -0.4 is 10.9 Å². The average molecular weight is 302 g/mol. The Labute approximate surface area is 129 Å². The predicted octanol–water partition coefficient (Wildman–Crippen LogP) is 3.94. The monoisotopic (exact) mass is 302 g/mol. The first kappa shape index (κ1) is 14.5. The Bertz CT molecular complexity index is 632. The van der Waals surface area contributed by atoms with E-state index in [1.165, 1.54) is 16.9 Å². The molecule has 0 fully saturated rings. The van der Waals surface area contributed by atoms with Crippen molar-refractivity contribution in [2.75, 3.05) is 0 Å². The van der Waals surface area contributed by atoms with Gasteiger partial charge >= 0.3 is 0 Å². The number of aryl methyl sites for hydroxylation is 1. The quantitative estimate of drug-likeness (QED) is 0.878. The fraction of sp³-hybridized carbons (Fsp3) is 0.471. The summed E-state index contributed by atoms with van der Waals surface area (Å²) in [7, 11) is 0. The summed E-state index contributed by atoms with van der Waals surface area (Å²) < 4.78 is 0. The van der Waals surface area contributed by atoms with Crippen molar-refractivity contribution in [3.8, 4) is 0 Å². The summed E-state index contributed by atoms with van der Waals surface area (Å²) >= 11 is 1.82. The van der Waals surface area contributed by atoms with Crippen LogP contribution in [0.4, 0.5) is 0 Å². The molecule has 0 saturated carbocycles. The molecular weight excluding hydrogens is 280 g/mol. The number of thiophene rings is 1. The highest BCUT2D eigenvalue weighted by Gasteiger charge is 2.24. The number of aromatic amines is 1. The average Bonchev–Trinajstić information content (AvgIpc) is 3.01. The van der Waals surface area contributed by atoms with Gasteiger partial charge in [0.1, 0.15) is 0 Å². The van der Waals surface area contributed by atoms with Crippen molar-refractivity contribution in [3.63, 3.8) is 0 Å². The SMILES string of the molecule is CCCC(NC1CCCc2[nH]c(=O)ccc21)c1cccs1. The van der Waals surface area contributed by atoms with Gasteiger partial charge in [0.25, 0.3) is 0 Å². The summed E-state index contributed by atoms with van der Waals surface area (Å²) in [6.45, 7) is 2.23. The summed E-state index contributed by atoms with van der Waals surface area (Å²) in [4.78, 5) is 15.9. The zero-order chi connectivity index (χ0) is 14.7. The van der Waals surface area contributed by atoms with Crippen LogP contribution in [0.2, 0.25) is 0 Å². The van der Waals surface area contributed by atoms with E-state index in [4.69, 9.17) is 0 Å². The molecule has 2 unspecified atom stereocenters. The normalized spacial score (nSPS) is 19.2. The highest BCUT2D eigenvalue weighted by molar-refractivity contribution is 7.10. The second-order valence-corrected chi connectivity index (χ2v) is 6.70. The molecule has 0 radical (unpaired) electrons. The van der Waals surface area contributed by atoms with Gasteiger partial charge < -0.3 is 10.3 Å². The second kappa shape index (κ2) is 6.58. The number of rotatable bonds is 5. The third-order valence-electron chi connectivity index (χ3n) is 4.20. The van der Waals surface area contributed by atoms with Gasteiger partial charge in [-0.3, -0.25) is 4.79 Å². The molecule has 2 aromatic rings. The van der Waals surface area contributed by atoms with Crippen LogP contribution in [0.1, 0.15) is 60.8 Å². The van der Waals surface area contributed by atoms with E-state index in [2.05, 4.69) is 34.7 Å². The van der Waals surface area contributed by atoms with E-state index < -0.39 is 0 Å². The summed E-state index contributed by atoms with van der Waals surface area (Å²) in [5, 5.41) is 5.97. The molecule has 0 amide bonds. The van der Waals surface area contributed by atoms with E-state index in [0.29, 0.717) is 12.1 Å². The number of fused-ring (bicyclic) bond motifs is 1. The van der Waals surface area contributed by atoms with Crippen LogP contribution in [-0.2, 0) is 6.42 Å². The Kier molecular flexibility index (Phi) is 4.56. The first-order valence-corrected chi connectivity index (χ1v) is 8.67. The van der Waals surface area contributed by atoms with E-state index in [9.17, 15) is 4.79 Å². The van der Waals surface area contributed by atoms with Crippen molar-refractivity contribution in [1.82, 2.24) is 10.3 Å². The number of pyridine rings is 1. The number of nitrogens with one attached hydrogen (secondary N) is 2. The fourth-order valence-corrected chi connectivity index (χ4v) is 4.02. The molecule has 0 aliphatic heterocycles. The van der Waals surface area contributed by atoms with E-state index in [-0.39, 0.29) is 5.56 Å². The molecule has 3 rings (SSSR count). The zero-order valence-corrected chi connectivity index (χ0v) is 13.2. The van der Waals surface area contributed by atoms with Crippen molar-refractivity contribution in [2.45, 2.75) is 51.1 Å². The Morgan fingerprint density at radius 2 is 2.33 bits per heavy atom. The lowest BCUT2D eigenvalue weighted by Gasteiger charge is -2.30. The summed E-state index contributed by atoms with van der Waals surface area (Å²) in [5.41, 5.74) is 2.41. The number of hydrogen-bond acceptors (Lipinski definition) is 3. The molecule has 2 aromatic heterocycles. The summed E-state index contributed by atoms with van der Waals surface area (Å²) in [6.07, 6.45) is 5.58. The Morgan fingerprint density at radius 3 is 3.10 bits per heavy atom. The molecule has 0 spiro atoms. The summed E-state index contributed by atoms with van der Waals surface area (Å²) in [5.74, 6) is 0. The molecule has 4 heteroatoms. The van der Waals surface area contributed by atoms with Crippen molar-refractivity contribution in [2.24, 2.45) is 0 Å². The highest BCUT2D eigenvalue weighted by Crippen LogP contribution is 2.32. The molecule has 2 N–H and O–H groups in total. The minimum atomic E-state index is 0.0118. The van der Waals surface area contributed by atoms with Crippen LogP contribution in [0.5, 0.6) is 0 Å². The first-order chi connectivity index (χ1) is 10.3. The van der Waals surface area contributed by atoms with Gasteiger partial charge in [-0.05, 0) is 42.7 Å². The van der Waals surface area contributed by atoms with Crippen LogP contribution in [0, 0.1) is 0 Å². The molecule has 1 aliphatic carbocycles. The van der Waals surface area contributed by atoms with E-state index >= 15 is 0 Å². The second-order valence-electron chi connectivity index (χ2n) is 5.72. The van der Waals surface area contributed by atoms with Crippen molar-refractivity contribution in [1.29, 1.82) is 0 Å². The molecule has 0 aromatic carbocycles. The third-order valence-corrected chi connectivity index (χ3v) is 5.18. The van der Waals surface area contributed by atoms with Gasteiger partial charge in [-0.15, -0.1) is 11.3 Å². The van der Waals surface area contributed by atoms with Gasteiger partial charge in [-0.1, -0.05) is 25.5 Å². The van der Waals surface area contributed by atoms with Crippen LogP contribution >= 0.6 is 11.3 Å². The van der Waals surface area contributed by atoms with Crippen LogP contribution in [0.25, 0.3) is 0 Å². The van der Waals surface area contributed by atoms with Crippen LogP contribution in [0.3, 0.4) is 0 Å². The Balaban J connectivity index is 1.83. The molecular formula is C17H22N2OS. The third kappa shape index (κ3) is 3.27. The zero-order valence-electron chi connectivity index (χ0n) is 12.4. The first-order valence-electron chi connectivity index (χ1n) is 7.79. The fourth-order valence-electron chi connectivity index (χ4n) is 3.20. The minimum absolute atomic E-state index is 0.0118. The van der Waals surface area contributed by atoms with Gasteiger partial charge in [0.15, 0.2) is 0 Å². The standard InChI is InChI=1S/C17H22N2OS/c1-2-5-15(16-8-4-11-21-16)18-13-6-3-7-14-12(13)9-10-17(20)19-14/h4,8-11,13,15,18H,2-3,5-7H2,1H3,(H,19,20). The lowest BCUT2D eigenvalue weighted by atomic mass is 9.90. The van der Waals surface area contributed by atoms with Gasteiger partial charge in [-0.2, -0.15) is 0 Å². The minimum Gasteiger partial charge on any atom is -0.326 e. The van der Waals surface area contributed by atoms with Crippen LogP contribution in [0.15, 0.2) is 34.4 Å². The topological polar surface area (TPSA) is 44.9 Å². The molecule has 0 saturated heterocycles. The van der Waals surface area contributed by atoms with E-state index in [1.807, 2.05) is 17.4 Å². The van der Waals surface area contributed by atoms with E-state index in [0.717, 1.165) is 31.4 Å². The van der Waals surface area contributed by atoms with Gasteiger partial charge in [-0.25, -0.2) is 0 Å².